The molecule has 9 aromatic rings. The van der Waals surface area contributed by atoms with Gasteiger partial charge in [-0.2, -0.15) is 0 Å². The third kappa shape index (κ3) is 3.28. The number of ether oxygens (including phenoxy) is 1. The highest BCUT2D eigenvalue weighted by Gasteiger charge is 2.20. The van der Waals surface area contributed by atoms with Crippen molar-refractivity contribution in [1.82, 2.24) is 0 Å². The predicted molar refractivity (Wildman–Crippen MR) is 182 cm³/mol. The summed E-state index contributed by atoms with van der Waals surface area (Å²) < 4.78 is 221. The second kappa shape index (κ2) is 8.44. The maximum Gasteiger partial charge on any atom is 0.135 e. The Morgan fingerprint density at radius 3 is 1.81 bits per heavy atom. The van der Waals surface area contributed by atoms with E-state index in [0.29, 0.717) is 0 Å². The van der Waals surface area contributed by atoms with E-state index in [1.54, 1.807) is 0 Å². The molecule has 9 aromatic carbocycles. The maximum atomic E-state index is 9.63. The second-order valence-corrected chi connectivity index (χ2v) is 9.76. The van der Waals surface area contributed by atoms with Gasteiger partial charge in [-0.15, -0.1) is 0 Å². The van der Waals surface area contributed by atoms with E-state index in [-0.39, 0.29) is 37.9 Å². The van der Waals surface area contributed by atoms with Gasteiger partial charge in [-0.1, -0.05) is 115 Å². The van der Waals surface area contributed by atoms with E-state index < -0.39 is 206 Å². The van der Waals surface area contributed by atoms with Gasteiger partial charge in [0, 0.05) is 10.9 Å². The van der Waals surface area contributed by atoms with Crippen molar-refractivity contribution >= 4 is 53.9 Å². The molecule has 0 bridgehead atoms. The van der Waals surface area contributed by atoms with Gasteiger partial charge in [0.1, 0.15) is 11.5 Å². The van der Waals surface area contributed by atoms with E-state index in [1.165, 1.54) is 0 Å². The van der Waals surface area contributed by atoms with Crippen molar-refractivity contribution in [3.63, 3.8) is 0 Å². The van der Waals surface area contributed by atoms with Crippen LogP contribution in [0.1, 0.15) is 32.9 Å². The first-order valence-electron chi connectivity index (χ1n) is 24.9. The zero-order valence-electron chi connectivity index (χ0n) is 45.4. The molecular weight excluding hydrogens is 520 g/mol. The van der Waals surface area contributed by atoms with Crippen molar-refractivity contribution in [2.24, 2.45) is 0 Å². The number of hydrogen-bond acceptors (Lipinski definition) is 1. The summed E-state index contributed by atoms with van der Waals surface area (Å²) in [5.41, 5.74) is -3.63. The Bertz CT molecular complexity index is 3900. The highest BCUT2D eigenvalue weighted by Crippen LogP contribution is 2.47. The Kier molecular flexibility index (Phi) is 1.96. The van der Waals surface area contributed by atoms with Crippen LogP contribution in [0, 0.1) is 0 Å². The highest BCUT2D eigenvalue weighted by molar-refractivity contribution is 6.25. The summed E-state index contributed by atoms with van der Waals surface area (Å²) in [6, 6.07) is -18.7. The summed E-state index contributed by atoms with van der Waals surface area (Å²) in [5.74, 6) is -1.08. The largest absolute Gasteiger partial charge is 0.456 e. The van der Waals surface area contributed by atoms with Gasteiger partial charge >= 0.3 is 0 Å². The van der Waals surface area contributed by atoms with Crippen LogP contribution in [0.2, 0.25) is 0 Å². The van der Waals surface area contributed by atoms with E-state index >= 15 is 0 Å². The third-order valence-electron chi connectivity index (χ3n) is 7.39. The molecule has 0 amide bonds. The lowest BCUT2D eigenvalue weighted by molar-refractivity contribution is 0.487. The molecule has 0 spiro atoms. The summed E-state index contributed by atoms with van der Waals surface area (Å²) in [7, 11) is 0. The van der Waals surface area contributed by atoms with Crippen LogP contribution in [0.15, 0.2) is 145 Å². The number of fused-ring (bicyclic) bond motifs is 3. The molecule has 0 radical (unpaired) electrons. The summed E-state index contributed by atoms with van der Waals surface area (Å²) in [4.78, 5) is 0. The van der Waals surface area contributed by atoms with Crippen molar-refractivity contribution in [2.75, 3.05) is 0 Å². The molecule has 10 rings (SSSR count). The summed E-state index contributed by atoms with van der Waals surface area (Å²) in [5, 5.41) is -4.06. The Morgan fingerprint density at radius 1 is 0.349 bits per heavy atom. The lowest BCUT2D eigenvalue weighted by Crippen LogP contribution is -1.97. The van der Waals surface area contributed by atoms with Crippen LogP contribution >= 0.6 is 0 Å². The Hall–Kier alpha value is -5.66. The molecule has 1 heterocycles. The summed E-state index contributed by atoms with van der Waals surface area (Å²) >= 11 is 0. The fourth-order valence-electron chi connectivity index (χ4n) is 5.45. The third-order valence-corrected chi connectivity index (χ3v) is 7.39. The Balaban J connectivity index is 1.37. The molecule has 0 unspecified atom stereocenters. The van der Waals surface area contributed by atoms with Gasteiger partial charge in [0.05, 0.1) is 32.9 Å². The van der Waals surface area contributed by atoms with E-state index in [1.807, 2.05) is 0 Å². The van der Waals surface area contributed by atoms with Crippen molar-refractivity contribution in [3.8, 4) is 44.9 Å². The predicted octanol–water partition coefficient (Wildman–Crippen LogP) is 12.0. The normalized spacial score (nSPS) is 20.2. The smallest absolute Gasteiger partial charge is 0.135 e. The van der Waals surface area contributed by atoms with Gasteiger partial charge in [-0.25, -0.2) is 0 Å². The van der Waals surface area contributed by atoms with Crippen LogP contribution in [0.25, 0.3) is 87.2 Å². The van der Waals surface area contributed by atoms with Crippen LogP contribution in [0.3, 0.4) is 0 Å². The topological polar surface area (TPSA) is 9.23 Å². The Labute approximate surface area is 282 Å². The average Bonchev–Trinajstić information content (AvgIpc) is 3.28. The van der Waals surface area contributed by atoms with Crippen LogP contribution in [0.4, 0.5) is 0 Å². The molecule has 1 nitrogen and oxygen atoms in total. The number of rotatable bonds is 2. The molecular formula is C42H24O. The molecule has 1 aliphatic rings. The van der Waals surface area contributed by atoms with Crippen molar-refractivity contribution < 1.29 is 37.6 Å². The fraction of sp³-hybridized carbons (Fsp3) is 0. The first-order valence-corrected chi connectivity index (χ1v) is 12.9. The summed E-state index contributed by atoms with van der Waals surface area (Å²) in [6.45, 7) is 0. The molecule has 198 valence electrons. The molecule has 1 heteroatoms. The van der Waals surface area contributed by atoms with Gasteiger partial charge in [-0.05, 0) is 107 Å². The van der Waals surface area contributed by atoms with Gasteiger partial charge < -0.3 is 4.74 Å². The van der Waals surface area contributed by atoms with Crippen LogP contribution < -0.4 is 4.74 Å². The van der Waals surface area contributed by atoms with Gasteiger partial charge in [0.25, 0.3) is 0 Å². The SMILES string of the molecule is [2H]c1c([2H])c(-c2c([2H])c([2H])c3c([2H])c([2H])c(-c4c([2H])c([2H])c5c([2H])c([2H])c6c([2H])c([2H])c([2H])c7c([2H])c([2H])c4c5c67)c([2H])c3c2[2H])c([2H])c2c1Oc1c([2H])c([2H])c([2H])c3c([2H])c([2H])c([2H])c-2c13. The molecule has 1 aliphatic heterocycles. The van der Waals surface area contributed by atoms with E-state index in [0.717, 1.165) is 0 Å². The first kappa shape index (κ1) is 9.97. The van der Waals surface area contributed by atoms with Gasteiger partial charge in [-0.3, -0.25) is 0 Å². The molecule has 0 aromatic heterocycles. The number of benzene rings is 9. The number of hydrogen-bond donors (Lipinski definition) is 0. The maximum absolute atomic E-state index is 9.63. The van der Waals surface area contributed by atoms with Crippen molar-refractivity contribution in [1.29, 1.82) is 0 Å². The van der Waals surface area contributed by atoms with Crippen LogP contribution in [-0.4, -0.2) is 0 Å². The van der Waals surface area contributed by atoms with Crippen LogP contribution in [-0.2, 0) is 0 Å². The quantitative estimate of drug-likeness (QED) is 0.188. The fourth-order valence-corrected chi connectivity index (χ4v) is 5.45. The first-order chi connectivity index (χ1) is 31.3. The zero-order valence-corrected chi connectivity index (χ0v) is 21.4. The van der Waals surface area contributed by atoms with E-state index in [9.17, 15) is 8.22 Å². The standard InChI is InChI=1S/C42H24O/c1-4-27-12-13-29-16-19-34(36-20-17-28(5-1)40(27)42(29)36)32-15-11-25-10-14-30(22-33(25)23-32)31-18-21-38-37(24-31)35-8-2-6-26-7-3-9-39(43-38)41(26)35/h1-24H/i1D,2D,3D,4D,5D,6D,7D,8D,9D,10D,11D,12D,13D,14D,15D,16D,17D,18D,19D,20D,21D,22D,23D,24D. The molecule has 0 saturated carbocycles. The van der Waals surface area contributed by atoms with Gasteiger partial charge in [0.15, 0.2) is 0 Å². The molecule has 0 N–H and O–H groups in total. The van der Waals surface area contributed by atoms with Gasteiger partial charge in [0.2, 0.25) is 0 Å². The monoisotopic (exact) mass is 568 g/mol. The van der Waals surface area contributed by atoms with Crippen molar-refractivity contribution in [3.05, 3.63) is 145 Å². The Morgan fingerprint density at radius 2 is 0.953 bits per heavy atom. The lowest BCUT2D eigenvalue weighted by Gasteiger charge is -2.22. The highest BCUT2D eigenvalue weighted by atomic mass is 16.5. The zero-order chi connectivity index (χ0) is 49.0. The minimum atomic E-state index is -0.916. The second-order valence-electron chi connectivity index (χ2n) is 9.76. The van der Waals surface area contributed by atoms with Crippen LogP contribution in [0.5, 0.6) is 11.5 Å². The summed E-state index contributed by atoms with van der Waals surface area (Å²) in [6.07, 6.45) is 0. The molecule has 0 atom stereocenters. The van der Waals surface area contributed by atoms with E-state index in [2.05, 4.69) is 0 Å². The van der Waals surface area contributed by atoms with E-state index in [4.69, 9.17) is 29.4 Å². The molecule has 43 heavy (non-hydrogen) atoms. The molecule has 0 aliphatic carbocycles. The molecule has 0 fully saturated rings. The molecule has 0 saturated heterocycles. The van der Waals surface area contributed by atoms with Crippen molar-refractivity contribution in [2.45, 2.75) is 0 Å². The minimum absolute atomic E-state index is 0.231. The lowest BCUT2D eigenvalue weighted by atomic mass is 9.89. The minimum Gasteiger partial charge on any atom is -0.456 e. The average molecular weight is 569 g/mol.